The molecule has 0 nitrogen and oxygen atoms in total. The van der Waals surface area contributed by atoms with Crippen molar-refractivity contribution in [3.05, 3.63) is 34.9 Å². The van der Waals surface area contributed by atoms with Gasteiger partial charge in [-0.25, -0.2) is 8.78 Å². The lowest BCUT2D eigenvalue weighted by molar-refractivity contribution is 0.439. The van der Waals surface area contributed by atoms with E-state index in [1.165, 1.54) is 38.3 Å². The molecule has 2 rings (SSSR count). The van der Waals surface area contributed by atoms with Crippen LogP contribution in [0.4, 0.5) is 8.78 Å². The summed E-state index contributed by atoms with van der Waals surface area (Å²) >= 11 is 0. The monoisotopic (exact) mass is 210 g/mol. The Labute approximate surface area is 89.3 Å². The highest BCUT2D eigenvalue weighted by Crippen LogP contribution is 2.33. The van der Waals surface area contributed by atoms with Crippen LogP contribution in [0.5, 0.6) is 0 Å². The van der Waals surface area contributed by atoms with E-state index in [-0.39, 0.29) is 5.56 Å². The Morgan fingerprint density at radius 1 is 1.00 bits per heavy atom. The largest absolute Gasteiger partial charge is 0.207 e. The number of hydrogen-bond donors (Lipinski definition) is 0. The van der Waals surface area contributed by atoms with Crippen LogP contribution in [0, 0.1) is 18.6 Å². The maximum atomic E-state index is 13.4. The van der Waals surface area contributed by atoms with Gasteiger partial charge in [0, 0.05) is 5.56 Å². The van der Waals surface area contributed by atoms with E-state index in [1.54, 1.807) is 0 Å². The van der Waals surface area contributed by atoms with Gasteiger partial charge in [-0.1, -0.05) is 19.3 Å². The molecule has 1 saturated carbocycles. The second-order valence-corrected chi connectivity index (χ2v) is 4.44. The van der Waals surface area contributed by atoms with Crippen molar-refractivity contribution in [2.45, 2.75) is 44.9 Å². The number of hydrogen-bond acceptors (Lipinski definition) is 0. The minimum atomic E-state index is -0.407. The molecule has 0 unspecified atom stereocenters. The number of benzene rings is 1. The topological polar surface area (TPSA) is 0 Å². The Balaban J connectivity index is 2.27. The maximum Gasteiger partial charge on any atom is 0.129 e. The molecule has 15 heavy (non-hydrogen) atoms. The summed E-state index contributed by atoms with van der Waals surface area (Å²) in [7, 11) is 0. The fraction of sp³-hybridized carbons (Fsp3) is 0.538. The van der Waals surface area contributed by atoms with Gasteiger partial charge >= 0.3 is 0 Å². The van der Waals surface area contributed by atoms with Crippen molar-refractivity contribution in [3.8, 4) is 0 Å². The van der Waals surface area contributed by atoms with Gasteiger partial charge in [-0.05, 0) is 43.4 Å². The first-order valence-electron chi connectivity index (χ1n) is 5.64. The summed E-state index contributed by atoms with van der Waals surface area (Å²) in [6.45, 7) is 1.48. The lowest BCUT2D eigenvalue weighted by Gasteiger charge is -2.22. The summed E-state index contributed by atoms with van der Waals surface area (Å²) in [5, 5.41) is 0. The van der Waals surface area contributed by atoms with Crippen LogP contribution >= 0.6 is 0 Å². The average Bonchev–Trinajstić information content (AvgIpc) is 2.26. The minimum Gasteiger partial charge on any atom is -0.207 e. The van der Waals surface area contributed by atoms with Gasteiger partial charge in [0.05, 0.1) is 0 Å². The smallest absolute Gasteiger partial charge is 0.129 e. The average molecular weight is 210 g/mol. The van der Waals surface area contributed by atoms with Gasteiger partial charge in [-0.15, -0.1) is 0 Å². The minimum absolute atomic E-state index is 0.134. The lowest BCUT2D eigenvalue weighted by Crippen LogP contribution is -2.06. The fourth-order valence-corrected chi connectivity index (χ4v) is 2.34. The molecule has 0 aliphatic heterocycles. The first-order valence-corrected chi connectivity index (χ1v) is 5.64. The third-order valence-corrected chi connectivity index (χ3v) is 3.38. The van der Waals surface area contributed by atoms with Crippen LogP contribution < -0.4 is 0 Å². The Hall–Kier alpha value is -0.920. The molecule has 82 valence electrons. The molecule has 1 aliphatic carbocycles. The Kier molecular flexibility index (Phi) is 3.03. The highest BCUT2D eigenvalue weighted by molar-refractivity contribution is 5.28. The second kappa shape index (κ2) is 4.30. The highest BCUT2D eigenvalue weighted by atomic mass is 19.1. The van der Waals surface area contributed by atoms with E-state index in [0.717, 1.165) is 18.4 Å². The standard InChI is InChI=1S/C13H16F2/c1-9-12(14)7-11(8-13(9)15)10-5-3-2-4-6-10/h7-8,10H,2-6H2,1H3. The van der Waals surface area contributed by atoms with E-state index >= 15 is 0 Å². The first kappa shape index (κ1) is 10.6. The quantitative estimate of drug-likeness (QED) is 0.647. The van der Waals surface area contributed by atoms with Crippen LogP contribution in [0.1, 0.15) is 49.1 Å². The van der Waals surface area contributed by atoms with Crippen molar-refractivity contribution < 1.29 is 8.78 Å². The summed E-state index contributed by atoms with van der Waals surface area (Å²) in [6, 6.07) is 3.02. The van der Waals surface area contributed by atoms with Gasteiger partial charge in [0.15, 0.2) is 0 Å². The van der Waals surface area contributed by atoms with E-state index in [2.05, 4.69) is 0 Å². The van der Waals surface area contributed by atoms with Crippen molar-refractivity contribution in [2.24, 2.45) is 0 Å². The van der Waals surface area contributed by atoms with Crippen molar-refractivity contribution in [3.63, 3.8) is 0 Å². The molecule has 0 aromatic heterocycles. The normalized spacial score (nSPS) is 18.1. The van der Waals surface area contributed by atoms with Gasteiger partial charge in [-0.3, -0.25) is 0 Å². The molecule has 1 aromatic carbocycles. The molecule has 0 saturated heterocycles. The SMILES string of the molecule is Cc1c(F)cc(C2CCCCC2)cc1F. The predicted octanol–water partition coefficient (Wildman–Crippen LogP) is 4.32. The van der Waals surface area contributed by atoms with Crippen molar-refractivity contribution >= 4 is 0 Å². The van der Waals surface area contributed by atoms with Crippen LogP contribution in [0.3, 0.4) is 0 Å². The molecule has 1 aliphatic rings. The van der Waals surface area contributed by atoms with Crippen LogP contribution in [-0.2, 0) is 0 Å². The molecule has 0 bridgehead atoms. The van der Waals surface area contributed by atoms with E-state index in [0.29, 0.717) is 5.92 Å². The molecule has 1 aromatic rings. The predicted molar refractivity (Wildman–Crippen MR) is 56.9 cm³/mol. The van der Waals surface area contributed by atoms with Gasteiger partial charge < -0.3 is 0 Å². The Morgan fingerprint density at radius 3 is 2.07 bits per heavy atom. The fourth-order valence-electron chi connectivity index (χ4n) is 2.34. The second-order valence-electron chi connectivity index (χ2n) is 4.44. The molecule has 0 spiro atoms. The van der Waals surface area contributed by atoms with Crippen LogP contribution in [0.2, 0.25) is 0 Å². The molecule has 0 amide bonds. The van der Waals surface area contributed by atoms with E-state index in [4.69, 9.17) is 0 Å². The van der Waals surface area contributed by atoms with Crippen molar-refractivity contribution in [1.29, 1.82) is 0 Å². The maximum absolute atomic E-state index is 13.4. The summed E-state index contributed by atoms with van der Waals surface area (Å²) in [6.07, 6.45) is 5.76. The van der Waals surface area contributed by atoms with Gasteiger partial charge in [0.2, 0.25) is 0 Å². The molecule has 0 atom stereocenters. The zero-order chi connectivity index (χ0) is 10.8. The molecular formula is C13H16F2. The third kappa shape index (κ3) is 2.19. The zero-order valence-electron chi connectivity index (χ0n) is 9.02. The molecule has 2 heteroatoms. The van der Waals surface area contributed by atoms with E-state index in [1.807, 2.05) is 0 Å². The third-order valence-electron chi connectivity index (χ3n) is 3.38. The lowest BCUT2D eigenvalue weighted by atomic mass is 9.84. The molecular weight excluding hydrogens is 194 g/mol. The Bertz CT molecular complexity index is 329. The summed E-state index contributed by atoms with van der Waals surface area (Å²) in [5.74, 6) is -0.450. The van der Waals surface area contributed by atoms with Crippen molar-refractivity contribution in [1.82, 2.24) is 0 Å². The zero-order valence-corrected chi connectivity index (χ0v) is 9.02. The number of halogens is 2. The van der Waals surface area contributed by atoms with Gasteiger partial charge in [0.25, 0.3) is 0 Å². The molecule has 1 fully saturated rings. The van der Waals surface area contributed by atoms with Crippen LogP contribution in [0.15, 0.2) is 12.1 Å². The first-order chi connectivity index (χ1) is 7.18. The number of rotatable bonds is 1. The molecule has 0 heterocycles. The summed E-state index contributed by atoms with van der Waals surface area (Å²) in [5.41, 5.74) is 0.977. The van der Waals surface area contributed by atoms with Crippen LogP contribution in [-0.4, -0.2) is 0 Å². The summed E-state index contributed by atoms with van der Waals surface area (Å²) < 4.78 is 26.7. The highest BCUT2D eigenvalue weighted by Gasteiger charge is 2.18. The summed E-state index contributed by atoms with van der Waals surface area (Å²) in [4.78, 5) is 0. The van der Waals surface area contributed by atoms with Gasteiger partial charge in [-0.2, -0.15) is 0 Å². The Morgan fingerprint density at radius 2 is 1.53 bits per heavy atom. The van der Waals surface area contributed by atoms with E-state index < -0.39 is 11.6 Å². The molecule has 0 N–H and O–H groups in total. The molecule has 0 radical (unpaired) electrons. The van der Waals surface area contributed by atoms with Crippen LogP contribution in [0.25, 0.3) is 0 Å². The van der Waals surface area contributed by atoms with E-state index in [9.17, 15) is 8.78 Å². The van der Waals surface area contributed by atoms with Gasteiger partial charge in [0.1, 0.15) is 11.6 Å². The van der Waals surface area contributed by atoms with Crippen molar-refractivity contribution in [2.75, 3.05) is 0 Å².